The number of Topliss-reactive ketones (excluding diaryl/α,β-unsaturated/α-hetero) is 1. The monoisotopic (exact) mass is 269 g/mol. The molecule has 1 aromatic carbocycles. The van der Waals surface area contributed by atoms with E-state index in [1.807, 2.05) is 7.05 Å². The molecule has 106 valence electrons. The van der Waals surface area contributed by atoms with Gasteiger partial charge in [-0.05, 0) is 38.1 Å². The fourth-order valence-electron chi connectivity index (χ4n) is 1.74. The Kier molecular flexibility index (Phi) is 6.09. The first-order valence-electron chi connectivity index (χ1n) is 6.56. The van der Waals surface area contributed by atoms with Gasteiger partial charge in [-0.1, -0.05) is 13.8 Å². The molecule has 1 aromatic rings. The van der Waals surface area contributed by atoms with E-state index < -0.39 is 11.6 Å². The minimum atomic E-state index is -0.712. The minimum Gasteiger partial charge on any atom is -0.306 e. The summed E-state index contributed by atoms with van der Waals surface area (Å²) in [5, 5.41) is 0. The Morgan fingerprint density at radius 1 is 1.16 bits per heavy atom. The number of rotatable bonds is 7. The number of ketones is 1. The Balaban J connectivity index is 2.46. The van der Waals surface area contributed by atoms with E-state index >= 15 is 0 Å². The second-order valence-corrected chi connectivity index (χ2v) is 5.32. The van der Waals surface area contributed by atoms with Crippen LogP contribution in [0.1, 0.15) is 37.0 Å². The molecule has 19 heavy (non-hydrogen) atoms. The van der Waals surface area contributed by atoms with Crippen molar-refractivity contribution in [2.45, 2.75) is 26.7 Å². The van der Waals surface area contributed by atoms with Crippen molar-refractivity contribution in [2.24, 2.45) is 5.92 Å². The van der Waals surface area contributed by atoms with E-state index in [1.165, 1.54) is 0 Å². The highest BCUT2D eigenvalue weighted by atomic mass is 19.1. The van der Waals surface area contributed by atoms with E-state index in [-0.39, 0.29) is 17.8 Å². The zero-order valence-corrected chi connectivity index (χ0v) is 11.7. The van der Waals surface area contributed by atoms with Gasteiger partial charge in [0.2, 0.25) is 0 Å². The average molecular weight is 269 g/mol. The van der Waals surface area contributed by atoms with Crippen molar-refractivity contribution >= 4 is 5.78 Å². The van der Waals surface area contributed by atoms with Gasteiger partial charge >= 0.3 is 0 Å². The van der Waals surface area contributed by atoms with Crippen molar-refractivity contribution in [3.8, 4) is 0 Å². The molecule has 0 spiro atoms. The highest BCUT2D eigenvalue weighted by Crippen LogP contribution is 2.10. The van der Waals surface area contributed by atoms with Crippen molar-refractivity contribution < 1.29 is 13.6 Å². The number of benzene rings is 1. The van der Waals surface area contributed by atoms with Crippen LogP contribution in [-0.4, -0.2) is 30.8 Å². The Bertz CT molecular complexity index is 412. The van der Waals surface area contributed by atoms with Crippen LogP contribution in [0.2, 0.25) is 0 Å². The molecule has 0 radical (unpaired) electrons. The maximum absolute atomic E-state index is 13.0. The molecule has 2 nitrogen and oxygen atoms in total. The van der Waals surface area contributed by atoms with E-state index in [2.05, 4.69) is 18.7 Å². The highest BCUT2D eigenvalue weighted by molar-refractivity contribution is 5.96. The molecule has 0 amide bonds. The van der Waals surface area contributed by atoms with Gasteiger partial charge in [-0.3, -0.25) is 4.79 Å². The van der Waals surface area contributed by atoms with Crippen LogP contribution in [0.5, 0.6) is 0 Å². The molecule has 0 fully saturated rings. The van der Waals surface area contributed by atoms with Crippen LogP contribution >= 0.6 is 0 Å². The SMILES string of the molecule is CC(C)CCN(C)CCC(=O)c1cc(F)cc(F)c1. The van der Waals surface area contributed by atoms with Gasteiger partial charge in [-0.15, -0.1) is 0 Å². The van der Waals surface area contributed by atoms with E-state index in [4.69, 9.17) is 0 Å². The Morgan fingerprint density at radius 3 is 2.26 bits per heavy atom. The molecule has 0 N–H and O–H groups in total. The third kappa shape index (κ3) is 5.92. The van der Waals surface area contributed by atoms with Crippen LogP contribution in [0.15, 0.2) is 18.2 Å². The maximum Gasteiger partial charge on any atom is 0.164 e. The van der Waals surface area contributed by atoms with Gasteiger partial charge in [0, 0.05) is 24.6 Å². The van der Waals surface area contributed by atoms with Crippen LogP contribution in [0.4, 0.5) is 8.78 Å². The summed E-state index contributed by atoms with van der Waals surface area (Å²) >= 11 is 0. The summed E-state index contributed by atoms with van der Waals surface area (Å²) in [7, 11) is 1.95. The first-order chi connectivity index (χ1) is 8.88. The lowest BCUT2D eigenvalue weighted by molar-refractivity contribution is 0.0967. The lowest BCUT2D eigenvalue weighted by atomic mass is 10.1. The van der Waals surface area contributed by atoms with Crippen LogP contribution in [0.3, 0.4) is 0 Å². The highest BCUT2D eigenvalue weighted by Gasteiger charge is 2.10. The molecule has 1 rings (SSSR count). The smallest absolute Gasteiger partial charge is 0.164 e. The molecule has 0 aliphatic carbocycles. The third-order valence-electron chi connectivity index (χ3n) is 2.99. The molecule has 0 heterocycles. The van der Waals surface area contributed by atoms with E-state index in [0.29, 0.717) is 12.5 Å². The lowest BCUT2D eigenvalue weighted by Crippen LogP contribution is -2.24. The molecule has 0 aliphatic heterocycles. The number of carbonyl (C=O) groups is 1. The summed E-state index contributed by atoms with van der Waals surface area (Å²) in [6.45, 7) is 5.81. The zero-order valence-electron chi connectivity index (χ0n) is 11.7. The fourth-order valence-corrected chi connectivity index (χ4v) is 1.74. The molecule has 0 bridgehead atoms. The molecule has 0 aliphatic rings. The van der Waals surface area contributed by atoms with Gasteiger partial charge in [-0.2, -0.15) is 0 Å². The van der Waals surface area contributed by atoms with Crippen LogP contribution < -0.4 is 0 Å². The normalized spacial score (nSPS) is 11.3. The topological polar surface area (TPSA) is 20.3 Å². The molecule has 0 saturated carbocycles. The van der Waals surface area contributed by atoms with Crippen LogP contribution in [0, 0.1) is 17.6 Å². The van der Waals surface area contributed by atoms with Crippen molar-refractivity contribution in [1.82, 2.24) is 4.90 Å². The van der Waals surface area contributed by atoms with Gasteiger partial charge in [0.15, 0.2) is 5.78 Å². The first kappa shape index (κ1) is 15.8. The van der Waals surface area contributed by atoms with Gasteiger partial charge in [0.25, 0.3) is 0 Å². The minimum absolute atomic E-state index is 0.106. The standard InChI is InChI=1S/C15H21F2NO/c1-11(2)4-6-18(3)7-5-15(19)12-8-13(16)10-14(17)9-12/h8-11H,4-7H2,1-3H3. The van der Waals surface area contributed by atoms with Crippen molar-refractivity contribution in [3.63, 3.8) is 0 Å². The summed E-state index contributed by atoms with van der Waals surface area (Å²) in [5.41, 5.74) is 0.106. The Labute approximate surface area is 113 Å². The molecular weight excluding hydrogens is 248 g/mol. The van der Waals surface area contributed by atoms with E-state index in [0.717, 1.165) is 31.2 Å². The summed E-state index contributed by atoms with van der Waals surface area (Å²) in [6, 6.07) is 2.94. The van der Waals surface area contributed by atoms with Crippen molar-refractivity contribution in [2.75, 3.05) is 20.1 Å². The maximum atomic E-state index is 13.0. The van der Waals surface area contributed by atoms with E-state index in [1.54, 1.807) is 0 Å². The third-order valence-corrected chi connectivity index (χ3v) is 2.99. The Morgan fingerprint density at radius 2 is 1.74 bits per heavy atom. The second kappa shape index (κ2) is 7.34. The summed E-state index contributed by atoms with van der Waals surface area (Å²) < 4.78 is 26.0. The number of hydrogen-bond acceptors (Lipinski definition) is 2. The fraction of sp³-hybridized carbons (Fsp3) is 0.533. The number of nitrogens with zero attached hydrogens (tertiary/aromatic N) is 1. The lowest BCUT2D eigenvalue weighted by Gasteiger charge is -2.17. The molecular formula is C15H21F2NO. The molecule has 0 aromatic heterocycles. The van der Waals surface area contributed by atoms with Gasteiger partial charge in [-0.25, -0.2) is 8.78 Å². The van der Waals surface area contributed by atoms with Crippen LogP contribution in [-0.2, 0) is 0 Å². The summed E-state index contributed by atoms with van der Waals surface area (Å²) in [6.07, 6.45) is 1.34. The van der Waals surface area contributed by atoms with Gasteiger partial charge in [0.1, 0.15) is 11.6 Å². The van der Waals surface area contributed by atoms with Gasteiger partial charge in [0.05, 0.1) is 0 Å². The largest absolute Gasteiger partial charge is 0.306 e. The molecule has 0 unspecified atom stereocenters. The second-order valence-electron chi connectivity index (χ2n) is 5.32. The molecule has 4 heteroatoms. The van der Waals surface area contributed by atoms with Crippen molar-refractivity contribution in [1.29, 1.82) is 0 Å². The number of hydrogen-bond donors (Lipinski definition) is 0. The molecule has 0 saturated heterocycles. The van der Waals surface area contributed by atoms with Gasteiger partial charge < -0.3 is 4.90 Å². The summed E-state index contributed by atoms with van der Waals surface area (Å²) in [4.78, 5) is 13.9. The average Bonchev–Trinajstić information content (AvgIpc) is 2.32. The first-order valence-corrected chi connectivity index (χ1v) is 6.56. The van der Waals surface area contributed by atoms with Crippen molar-refractivity contribution in [3.05, 3.63) is 35.4 Å². The van der Waals surface area contributed by atoms with E-state index in [9.17, 15) is 13.6 Å². The Hall–Kier alpha value is -1.29. The number of carbonyl (C=O) groups excluding carboxylic acids is 1. The predicted molar refractivity (Wildman–Crippen MR) is 72.3 cm³/mol. The van der Waals surface area contributed by atoms with Crippen LogP contribution in [0.25, 0.3) is 0 Å². The molecule has 0 atom stereocenters. The predicted octanol–water partition coefficient (Wildman–Crippen LogP) is 3.52. The number of halogens is 2. The quantitative estimate of drug-likeness (QED) is 0.706. The zero-order chi connectivity index (χ0) is 14.4. The summed E-state index contributed by atoms with van der Waals surface area (Å²) in [5.74, 6) is -1.03.